The van der Waals surface area contributed by atoms with E-state index in [4.69, 9.17) is 0 Å². The lowest BCUT2D eigenvalue weighted by Gasteiger charge is -2.26. The number of rotatable bonds is 7. The summed E-state index contributed by atoms with van der Waals surface area (Å²) in [6.07, 6.45) is 8.52. The predicted molar refractivity (Wildman–Crippen MR) is 86.9 cm³/mol. The average Bonchev–Trinajstić information content (AvgIpc) is 2.55. The minimum Gasteiger partial charge on any atom is -0.507 e. The summed E-state index contributed by atoms with van der Waals surface area (Å²) >= 11 is 0. The number of phenols is 1. The molecule has 3 N–H and O–H groups in total. The first kappa shape index (κ1) is 16.8. The van der Waals surface area contributed by atoms with Crippen LogP contribution in [0.15, 0.2) is 24.3 Å². The lowest BCUT2D eigenvalue weighted by atomic mass is 9.83. The monoisotopic (exact) mass is 305 g/mol. The molecule has 1 atom stereocenters. The molecule has 0 spiro atoms. The van der Waals surface area contributed by atoms with Crippen molar-refractivity contribution < 1.29 is 15.0 Å². The summed E-state index contributed by atoms with van der Waals surface area (Å²) in [7, 11) is 0. The van der Waals surface area contributed by atoms with Gasteiger partial charge in [0.2, 0.25) is 0 Å². The van der Waals surface area contributed by atoms with Gasteiger partial charge in [-0.1, -0.05) is 31.4 Å². The lowest BCUT2D eigenvalue weighted by Crippen LogP contribution is -2.25. The van der Waals surface area contributed by atoms with Crippen LogP contribution in [0, 0.1) is 5.92 Å². The smallest absolute Gasteiger partial charge is 0.255 e. The highest BCUT2D eigenvalue weighted by molar-refractivity contribution is 5.96. The van der Waals surface area contributed by atoms with Crippen LogP contribution in [0.1, 0.15) is 61.7 Å². The Morgan fingerprint density at radius 1 is 1.18 bits per heavy atom. The van der Waals surface area contributed by atoms with Crippen molar-refractivity contribution in [2.75, 3.05) is 6.54 Å². The SMILES string of the molecule is O=C(NCCCCC(O)C1CCCCC1)c1ccccc1O. The zero-order chi connectivity index (χ0) is 15.8. The van der Waals surface area contributed by atoms with E-state index in [-0.39, 0.29) is 17.8 Å². The van der Waals surface area contributed by atoms with Crippen molar-refractivity contribution >= 4 is 5.91 Å². The van der Waals surface area contributed by atoms with Crippen molar-refractivity contribution in [3.63, 3.8) is 0 Å². The van der Waals surface area contributed by atoms with E-state index in [9.17, 15) is 15.0 Å². The summed E-state index contributed by atoms with van der Waals surface area (Å²) in [4.78, 5) is 11.9. The fourth-order valence-corrected chi connectivity index (χ4v) is 3.20. The maximum atomic E-state index is 11.9. The average molecular weight is 305 g/mol. The van der Waals surface area contributed by atoms with Gasteiger partial charge in [0.05, 0.1) is 11.7 Å². The van der Waals surface area contributed by atoms with Crippen LogP contribution < -0.4 is 5.32 Å². The van der Waals surface area contributed by atoms with Gasteiger partial charge in [-0.2, -0.15) is 0 Å². The number of para-hydroxylation sites is 1. The molecule has 0 saturated heterocycles. The molecule has 122 valence electrons. The number of amides is 1. The summed E-state index contributed by atoms with van der Waals surface area (Å²) in [5.74, 6) is 0.239. The minimum absolute atomic E-state index is 0.00715. The molecule has 0 bridgehead atoms. The molecule has 1 aromatic carbocycles. The van der Waals surface area contributed by atoms with Crippen molar-refractivity contribution in [2.45, 2.75) is 57.5 Å². The number of nitrogens with one attached hydrogen (secondary N) is 1. The van der Waals surface area contributed by atoms with Crippen molar-refractivity contribution in [2.24, 2.45) is 5.92 Å². The number of carbonyl (C=O) groups is 1. The molecule has 1 aliphatic carbocycles. The second kappa shape index (κ2) is 8.79. The molecule has 4 nitrogen and oxygen atoms in total. The van der Waals surface area contributed by atoms with E-state index >= 15 is 0 Å². The molecule has 1 saturated carbocycles. The van der Waals surface area contributed by atoms with Gasteiger partial charge in [-0.25, -0.2) is 0 Å². The highest BCUT2D eigenvalue weighted by Crippen LogP contribution is 2.28. The van der Waals surface area contributed by atoms with Crippen molar-refractivity contribution in [3.05, 3.63) is 29.8 Å². The molecule has 0 aromatic heterocycles. The highest BCUT2D eigenvalue weighted by atomic mass is 16.3. The van der Waals surface area contributed by atoms with Crippen LogP contribution in [0.2, 0.25) is 0 Å². The molecule has 0 aliphatic heterocycles. The van der Waals surface area contributed by atoms with Gasteiger partial charge in [0, 0.05) is 6.54 Å². The molecule has 1 unspecified atom stereocenters. The van der Waals surface area contributed by atoms with Gasteiger partial charge in [-0.15, -0.1) is 0 Å². The van der Waals surface area contributed by atoms with Crippen molar-refractivity contribution in [1.29, 1.82) is 0 Å². The molecular weight excluding hydrogens is 278 g/mol. The van der Waals surface area contributed by atoms with Crippen LogP contribution in [0.25, 0.3) is 0 Å². The molecule has 1 amide bonds. The summed E-state index contributed by atoms with van der Waals surface area (Å²) < 4.78 is 0. The number of hydrogen-bond acceptors (Lipinski definition) is 3. The normalized spacial score (nSPS) is 17.1. The molecule has 4 heteroatoms. The van der Waals surface area contributed by atoms with Crippen molar-refractivity contribution in [3.8, 4) is 5.75 Å². The van der Waals surface area contributed by atoms with Gasteiger partial charge in [-0.05, 0) is 50.2 Å². The van der Waals surface area contributed by atoms with Crippen LogP contribution >= 0.6 is 0 Å². The van der Waals surface area contributed by atoms with E-state index in [1.54, 1.807) is 18.2 Å². The summed E-state index contributed by atoms with van der Waals surface area (Å²) in [6.45, 7) is 0.574. The maximum Gasteiger partial charge on any atom is 0.255 e. The first-order valence-corrected chi connectivity index (χ1v) is 8.42. The number of carbonyl (C=O) groups excluding carboxylic acids is 1. The maximum absolute atomic E-state index is 11.9. The third-order valence-corrected chi connectivity index (χ3v) is 4.55. The standard InChI is InChI=1S/C18H27NO3/c20-16(14-8-2-1-3-9-14)11-6-7-13-19-18(22)15-10-4-5-12-17(15)21/h4-5,10,12,14,16,20-21H,1-3,6-9,11,13H2,(H,19,22). The molecule has 22 heavy (non-hydrogen) atoms. The van der Waals surface area contributed by atoms with Gasteiger partial charge < -0.3 is 15.5 Å². The number of hydrogen-bond donors (Lipinski definition) is 3. The zero-order valence-corrected chi connectivity index (χ0v) is 13.1. The Kier molecular flexibility index (Phi) is 6.72. The predicted octanol–water partition coefficient (Wildman–Crippen LogP) is 3.23. The third-order valence-electron chi connectivity index (χ3n) is 4.55. The lowest BCUT2D eigenvalue weighted by molar-refractivity contribution is 0.0748. The Morgan fingerprint density at radius 2 is 1.91 bits per heavy atom. The number of benzene rings is 1. The van der Waals surface area contributed by atoms with Gasteiger partial charge in [0.25, 0.3) is 5.91 Å². The van der Waals surface area contributed by atoms with E-state index in [0.717, 1.165) is 32.1 Å². The van der Waals surface area contributed by atoms with Gasteiger partial charge in [-0.3, -0.25) is 4.79 Å². The van der Waals surface area contributed by atoms with E-state index in [2.05, 4.69) is 5.32 Å². The molecule has 2 rings (SSSR count). The van der Waals surface area contributed by atoms with Crippen LogP contribution in [0.4, 0.5) is 0 Å². The van der Waals surface area contributed by atoms with Crippen LogP contribution in [-0.2, 0) is 0 Å². The number of unbranched alkanes of at least 4 members (excludes halogenated alkanes) is 1. The van der Waals surface area contributed by atoms with Crippen molar-refractivity contribution in [1.82, 2.24) is 5.32 Å². The number of phenolic OH excluding ortho intramolecular Hbond substituents is 1. The van der Waals surface area contributed by atoms with Gasteiger partial charge >= 0.3 is 0 Å². The van der Waals surface area contributed by atoms with E-state index in [1.165, 1.54) is 25.3 Å². The second-order valence-corrected chi connectivity index (χ2v) is 6.23. The Morgan fingerprint density at radius 3 is 2.64 bits per heavy atom. The summed E-state index contributed by atoms with van der Waals surface area (Å²) in [6, 6.07) is 6.54. The number of aliphatic hydroxyl groups excluding tert-OH is 1. The first-order chi connectivity index (χ1) is 10.7. The van der Waals surface area contributed by atoms with Crippen LogP contribution in [-0.4, -0.2) is 28.8 Å². The fraction of sp³-hybridized carbons (Fsp3) is 0.611. The Hall–Kier alpha value is -1.55. The molecule has 0 heterocycles. The fourth-order valence-electron chi connectivity index (χ4n) is 3.20. The van der Waals surface area contributed by atoms with Crippen LogP contribution in [0.3, 0.4) is 0 Å². The zero-order valence-electron chi connectivity index (χ0n) is 13.1. The Bertz CT molecular complexity index is 469. The van der Waals surface area contributed by atoms with Gasteiger partial charge in [0.15, 0.2) is 0 Å². The summed E-state index contributed by atoms with van der Waals surface area (Å²) in [5, 5.41) is 22.6. The number of aromatic hydroxyl groups is 1. The minimum atomic E-state index is -0.245. The molecule has 1 aliphatic rings. The Balaban J connectivity index is 1.61. The molecular formula is C18H27NO3. The molecule has 1 fully saturated rings. The first-order valence-electron chi connectivity index (χ1n) is 8.42. The third kappa shape index (κ3) is 5.02. The quantitative estimate of drug-likeness (QED) is 0.677. The van der Waals surface area contributed by atoms with Crippen LogP contribution in [0.5, 0.6) is 5.75 Å². The summed E-state index contributed by atoms with van der Waals surface area (Å²) in [5.41, 5.74) is 0.310. The Labute approximate surface area is 132 Å². The van der Waals surface area contributed by atoms with E-state index in [0.29, 0.717) is 18.0 Å². The second-order valence-electron chi connectivity index (χ2n) is 6.23. The molecule has 0 radical (unpaired) electrons. The van der Waals surface area contributed by atoms with E-state index < -0.39 is 0 Å². The van der Waals surface area contributed by atoms with E-state index in [1.807, 2.05) is 0 Å². The number of aliphatic hydroxyl groups is 1. The topological polar surface area (TPSA) is 69.6 Å². The molecule has 1 aromatic rings. The highest BCUT2D eigenvalue weighted by Gasteiger charge is 2.21. The largest absolute Gasteiger partial charge is 0.507 e. The van der Waals surface area contributed by atoms with Gasteiger partial charge in [0.1, 0.15) is 5.75 Å².